The van der Waals surface area contributed by atoms with Crippen molar-refractivity contribution < 1.29 is 19.0 Å². The van der Waals surface area contributed by atoms with Crippen molar-refractivity contribution in [1.29, 1.82) is 0 Å². The first-order chi connectivity index (χ1) is 12.5. The highest BCUT2D eigenvalue weighted by Crippen LogP contribution is 2.30. The molecule has 0 bridgehead atoms. The highest BCUT2D eigenvalue weighted by Gasteiger charge is 2.29. The van der Waals surface area contributed by atoms with E-state index in [0.29, 0.717) is 19.0 Å². The Morgan fingerprint density at radius 1 is 1.04 bits per heavy atom. The van der Waals surface area contributed by atoms with E-state index in [4.69, 9.17) is 14.2 Å². The van der Waals surface area contributed by atoms with Crippen molar-refractivity contribution in [2.75, 3.05) is 13.4 Å². The average molecular weight is 375 g/mol. The van der Waals surface area contributed by atoms with Crippen molar-refractivity contribution in [3.8, 4) is 5.75 Å². The van der Waals surface area contributed by atoms with Gasteiger partial charge in [-0.05, 0) is 44.0 Å². The number of ether oxygens (including phenoxy) is 3. The molecule has 0 heterocycles. The second-order valence-electron chi connectivity index (χ2n) is 6.26. The van der Waals surface area contributed by atoms with Crippen LogP contribution in [0, 0.1) is 0 Å². The molecule has 0 saturated carbocycles. The predicted octanol–water partition coefficient (Wildman–Crippen LogP) is 4.81. The van der Waals surface area contributed by atoms with Crippen LogP contribution in [0.15, 0.2) is 54.6 Å². The third-order valence-electron chi connectivity index (χ3n) is 3.69. The lowest BCUT2D eigenvalue weighted by molar-refractivity contribution is -0.145. The number of hydrogen-bond acceptors (Lipinski definition) is 5. The largest absolute Gasteiger partial charge is 0.468 e. The van der Waals surface area contributed by atoms with Crippen LogP contribution in [-0.2, 0) is 26.6 Å². The quantitative estimate of drug-likeness (QED) is 0.339. The minimum atomic E-state index is -0.578. The van der Waals surface area contributed by atoms with Crippen molar-refractivity contribution in [2.24, 2.45) is 0 Å². The van der Waals surface area contributed by atoms with Gasteiger partial charge in [-0.25, -0.2) is 0 Å². The van der Waals surface area contributed by atoms with Gasteiger partial charge < -0.3 is 14.2 Å². The lowest BCUT2D eigenvalue weighted by Crippen LogP contribution is -2.30. The Morgan fingerprint density at radius 3 is 2.50 bits per heavy atom. The fraction of sp³-hybridized carbons (Fsp3) is 0.381. The van der Waals surface area contributed by atoms with Crippen LogP contribution < -0.4 is 4.74 Å². The van der Waals surface area contributed by atoms with E-state index in [9.17, 15) is 4.79 Å². The van der Waals surface area contributed by atoms with Gasteiger partial charge in [0.2, 0.25) is 0 Å². The van der Waals surface area contributed by atoms with Gasteiger partial charge in [0.25, 0.3) is 0 Å². The van der Waals surface area contributed by atoms with E-state index in [0.717, 1.165) is 16.9 Å². The molecule has 0 saturated heterocycles. The van der Waals surface area contributed by atoms with Crippen LogP contribution >= 0.6 is 11.8 Å². The zero-order chi connectivity index (χ0) is 18.8. The van der Waals surface area contributed by atoms with Gasteiger partial charge in [0.15, 0.2) is 6.79 Å². The second-order valence-corrected chi connectivity index (χ2v) is 7.86. The Labute approximate surface area is 159 Å². The van der Waals surface area contributed by atoms with E-state index in [1.54, 1.807) is 11.8 Å². The standard InChI is InChI=1S/C21H26O4S/c1-4-24-20(22)21(2,3)26-15-18-11-8-12-19(13-18)25-16-23-14-17-9-6-5-7-10-17/h5-13H,4,14-16H2,1-3H3. The van der Waals surface area contributed by atoms with Crippen molar-refractivity contribution >= 4 is 17.7 Å². The lowest BCUT2D eigenvalue weighted by atomic mass is 10.2. The summed E-state index contributed by atoms with van der Waals surface area (Å²) < 4.78 is 15.8. The fourth-order valence-electron chi connectivity index (χ4n) is 2.20. The molecule has 0 amide bonds. The maximum Gasteiger partial charge on any atom is 0.321 e. The number of esters is 1. The van der Waals surface area contributed by atoms with Crippen LogP contribution in [0.3, 0.4) is 0 Å². The van der Waals surface area contributed by atoms with Gasteiger partial charge in [0.05, 0.1) is 13.2 Å². The van der Waals surface area contributed by atoms with Gasteiger partial charge in [-0.2, -0.15) is 0 Å². The van der Waals surface area contributed by atoms with Crippen molar-refractivity contribution in [2.45, 2.75) is 37.9 Å². The third-order valence-corrected chi connectivity index (χ3v) is 5.05. The number of thioether (sulfide) groups is 1. The van der Waals surface area contributed by atoms with Crippen LogP contribution in [-0.4, -0.2) is 24.1 Å². The van der Waals surface area contributed by atoms with Crippen LogP contribution in [0.4, 0.5) is 0 Å². The maximum absolute atomic E-state index is 12.0. The summed E-state index contributed by atoms with van der Waals surface area (Å²) in [5.74, 6) is 1.27. The molecule has 0 unspecified atom stereocenters. The molecular formula is C21H26O4S. The fourth-order valence-corrected chi connectivity index (χ4v) is 3.08. The summed E-state index contributed by atoms with van der Waals surface area (Å²) in [6.45, 7) is 6.69. The molecule has 0 spiro atoms. The number of benzene rings is 2. The minimum absolute atomic E-state index is 0.188. The Balaban J connectivity index is 1.79. The van der Waals surface area contributed by atoms with E-state index in [2.05, 4.69) is 0 Å². The molecule has 2 aromatic rings. The Kier molecular flexibility index (Phi) is 8.01. The minimum Gasteiger partial charge on any atom is -0.468 e. The summed E-state index contributed by atoms with van der Waals surface area (Å²) in [6.07, 6.45) is 0. The molecule has 26 heavy (non-hydrogen) atoms. The zero-order valence-corrected chi connectivity index (χ0v) is 16.4. The van der Waals surface area contributed by atoms with Gasteiger partial charge in [0.1, 0.15) is 10.5 Å². The molecule has 2 rings (SSSR count). The first-order valence-electron chi connectivity index (χ1n) is 8.66. The predicted molar refractivity (Wildman–Crippen MR) is 105 cm³/mol. The number of hydrogen-bond donors (Lipinski definition) is 0. The van der Waals surface area contributed by atoms with E-state index in [-0.39, 0.29) is 12.8 Å². The van der Waals surface area contributed by atoms with E-state index in [1.165, 1.54) is 0 Å². The normalized spacial score (nSPS) is 11.2. The second kappa shape index (κ2) is 10.2. The molecule has 2 aromatic carbocycles. The van der Waals surface area contributed by atoms with Crippen molar-refractivity contribution in [1.82, 2.24) is 0 Å². The summed E-state index contributed by atoms with van der Waals surface area (Å²) in [5.41, 5.74) is 2.20. The maximum atomic E-state index is 12.0. The van der Waals surface area contributed by atoms with Crippen molar-refractivity contribution in [3.63, 3.8) is 0 Å². The SMILES string of the molecule is CCOC(=O)C(C)(C)SCc1cccc(OCOCc2ccccc2)c1. The number of rotatable bonds is 10. The molecule has 0 atom stereocenters. The zero-order valence-electron chi connectivity index (χ0n) is 15.6. The number of carbonyl (C=O) groups is 1. The molecule has 0 N–H and O–H groups in total. The molecular weight excluding hydrogens is 348 g/mol. The van der Waals surface area contributed by atoms with Gasteiger partial charge >= 0.3 is 5.97 Å². The smallest absolute Gasteiger partial charge is 0.321 e. The number of carbonyl (C=O) groups excluding carboxylic acids is 1. The van der Waals surface area contributed by atoms with Crippen molar-refractivity contribution in [3.05, 3.63) is 65.7 Å². The van der Waals surface area contributed by atoms with Crippen LogP contribution in [0.2, 0.25) is 0 Å². The summed E-state index contributed by atoms with van der Waals surface area (Å²) in [7, 11) is 0. The van der Waals surface area contributed by atoms with E-state index < -0.39 is 4.75 Å². The van der Waals surface area contributed by atoms with Gasteiger partial charge in [0, 0.05) is 5.75 Å². The Morgan fingerprint density at radius 2 is 1.77 bits per heavy atom. The molecule has 0 aromatic heterocycles. The van der Waals surface area contributed by atoms with Crippen LogP contribution in [0.5, 0.6) is 5.75 Å². The molecule has 0 aliphatic rings. The lowest BCUT2D eigenvalue weighted by Gasteiger charge is -2.21. The Hall–Kier alpha value is -1.98. The van der Waals surface area contributed by atoms with E-state index >= 15 is 0 Å². The topological polar surface area (TPSA) is 44.8 Å². The molecule has 0 aliphatic carbocycles. The molecule has 4 nitrogen and oxygen atoms in total. The van der Waals surface area contributed by atoms with Gasteiger partial charge in [-0.15, -0.1) is 11.8 Å². The molecule has 0 radical (unpaired) electrons. The Bertz CT molecular complexity index is 685. The summed E-state index contributed by atoms with van der Waals surface area (Å²) in [5, 5.41) is 0. The van der Waals surface area contributed by atoms with Gasteiger partial charge in [-0.1, -0.05) is 42.5 Å². The third kappa shape index (κ3) is 6.73. The van der Waals surface area contributed by atoms with Crippen LogP contribution in [0.25, 0.3) is 0 Å². The first-order valence-corrected chi connectivity index (χ1v) is 9.64. The van der Waals surface area contributed by atoms with Crippen LogP contribution in [0.1, 0.15) is 31.9 Å². The first kappa shape index (κ1) is 20.3. The summed E-state index contributed by atoms with van der Waals surface area (Å²) in [6, 6.07) is 17.8. The molecule has 140 valence electrons. The van der Waals surface area contributed by atoms with E-state index in [1.807, 2.05) is 75.4 Å². The highest BCUT2D eigenvalue weighted by atomic mass is 32.2. The molecule has 0 fully saturated rings. The summed E-state index contributed by atoms with van der Waals surface area (Å²) >= 11 is 1.55. The molecule has 0 aliphatic heterocycles. The summed E-state index contributed by atoms with van der Waals surface area (Å²) in [4.78, 5) is 12.0. The van der Waals surface area contributed by atoms with Gasteiger partial charge in [-0.3, -0.25) is 4.79 Å². The highest BCUT2D eigenvalue weighted by molar-refractivity contribution is 8.00. The average Bonchev–Trinajstić information content (AvgIpc) is 2.65. The monoisotopic (exact) mass is 374 g/mol. The molecule has 5 heteroatoms.